The molecular weight excluding hydrogens is 256 g/mol. The third-order valence-electron chi connectivity index (χ3n) is 3.00. The third-order valence-corrected chi connectivity index (χ3v) is 3.30. The Morgan fingerprint density at radius 1 is 1.44 bits per heavy atom. The molecule has 100 valence electrons. The van der Waals surface area contributed by atoms with Crippen LogP contribution in [-0.2, 0) is 4.74 Å². The number of nitrogens with two attached hydrogens (primary N) is 1. The molecule has 0 saturated carbocycles. The van der Waals surface area contributed by atoms with Gasteiger partial charge in [-0.25, -0.2) is 9.97 Å². The molecule has 2 heterocycles. The van der Waals surface area contributed by atoms with E-state index in [9.17, 15) is 0 Å². The lowest BCUT2D eigenvalue weighted by Crippen LogP contribution is -2.38. The fraction of sp³-hybridized carbons (Fsp3) is 0.636. The van der Waals surface area contributed by atoms with Crippen LogP contribution in [0.15, 0.2) is 6.33 Å². The lowest BCUT2D eigenvalue weighted by molar-refractivity contribution is 0.0158. The van der Waals surface area contributed by atoms with Gasteiger partial charge in [-0.15, -0.1) is 0 Å². The summed E-state index contributed by atoms with van der Waals surface area (Å²) in [5.41, 5.74) is 6.29. The minimum atomic E-state index is 0.0642. The molecule has 1 aliphatic heterocycles. The number of hydrogen-bond acceptors (Lipinski definition) is 6. The number of aliphatic hydroxyl groups is 1. The molecule has 0 atom stereocenters. The fourth-order valence-electron chi connectivity index (χ4n) is 2.07. The molecule has 0 radical (unpaired) electrons. The van der Waals surface area contributed by atoms with Crippen molar-refractivity contribution in [2.45, 2.75) is 18.9 Å². The molecule has 1 aromatic heterocycles. The number of aliphatic hydroxyl groups excluding tert-OH is 1. The van der Waals surface area contributed by atoms with Gasteiger partial charge in [-0.3, -0.25) is 0 Å². The number of anilines is 2. The Morgan fingerprint density at radius 3 is 2.83 bits per heavy atom. The highest BCUT2D eigenvalue weighted by Gasteiger charge is 2.22. The molecule has 1 aromatic rings. The van der Waals surface area contributed by atoms with Crippen molar-refractivity contribution in [3.63, 3.8) is 0 Å². The number of ether oxygens (including phenoxy) is 1. The van der Waals surface area contributed by atoms with Crippen LogP contribution in [0.3, 0.4) is 0 Å². The summed E-state index contributed by atoms with van der Waals surface area (Å²) in [7, 11) is 0. The topological polar surface area (TPSA) is 84.5 Å². The van der Waals surface area contributed by atoms with Gasteiger partial charge in [0.05, 0.1) is 19.3 Å². The maximum absolute atomic E-state index is 8.71. The largest absolute Gasteiger partial charge is 0.394 e. The van der Waals surface area contributed by atoms with Crippen LogP contribution < -0.4 is 10.6 Å². The maximum atomic E-state index is 8.71. The van der Waals surface area contributed by atoms with Crippen molar-refractivity contribution < 1.29 is 9.84 Å². The van der Waals surface area contributed by atoms with Gasteiger partial charge in [-0.1, -0.05) is 11.6 Å². The van der Waals surface area contributed by atoms with Crippen LogP contribution in [-0.4, -0.2) is 47.5 Å². The van der Waals surface area contributed by atoms with Gasteiger partial charge in [0.15, 0.2) is 11.0 Å². The number of nitrogen functional groups attached to an aromatic ring is 1. The Hall–Kier alpha value is -1.11. The quantitative estimate of drug-likeness (QED) is 0.785. The molecule has 0 bridgehead atoms. The second-order valence-corrected chi connectivity index (χ2v) is 4.54. The highest BCUT2D eigenvalue weighted by molar-refractivity contribution is 6.32. The summed E-state index contributed by atoms with van der Waals surface area (Å²) in [5, 5.41) is 9.00. The first-order chi connectivity index (χ1) is 8.72. The second-order valence-electron chi connectivity index (χ2n) is 4.18. The minimum absolute atomic E-state index is 0.0642. The van der Waals surface area contributed by atoms with Crippen LogP contribution in [0.25, 0.3) is 0 Å². The summed E-state index contributed by atoms with van der Waals surface area (Å²) in [6, 6.07) is 0. The molecule has 0 unspecified atom stereocenters. The van der Waals surface area contributed by atoms with Crippen molar-refractivity contribution in [1.29, 1.82) is 0 Å². The van der Waals surface area contributed by atoms with E-state index in [2.05, 4.69) is 14.9 Å². The summed E-state index contributed by atoms with van der Waals surface area (Å²) >= 11 is 5.87. The van der Waals surface area contributed by atoms with E-state index in [-0.39, 0.29) is 12.7 Å². The zero-order chi connectivity index (χ0) is 13.0. The fourth-order valence-corrected chi connectivity index (χ4v) is 2.20. The van der Waals surface area contributed by atoms with Gasteiger partial charge in [0.1, 0.15) is 12.0 Å². The van der Waals surface area contributed by atoms with Gasteiger partial charge in [0.25, 0.3) is 0 Å². The van der Waals surface area contributed by atoms with Crippen molar-refractivity contribution in [2.75, 3.05) is 36.9 Å². The van der Waals surface area contributed by atoms with E-state index in [0.717, 1.165) is 25.9 Å². The highest BCUT2D eigenvalue weighted by atomic mass is 35.5. The van der Waals surface area contributed by atoms with E-state index in [1.807, 2.05) is 0 Å². The third kappa shape index (κ3) is 3.01. The van der Waals surface area contributed by atoms with Crippen LogP contribution in [0.5, 0.6) is 0 Å². The number of aromatic nitrogens is 2. The Bertz CT molecular complexity index is 397. The molecule has 1 fully saturated rings. The van der Waals surface area contributed by atoms with Crippen molar-refractivity contribution >= 4 is 23.1 Å². The molecule has 1 aliphatic rings. The van der Waals surface area contributed by atoms with Gasteiger partial charge >= 0.3 is 0 Å². The molecule has 0 aromatic carbocycles. The number of rotatable bonds is 4. The van der Waals surface area contributed by atoms with Gasteiger partial charge in [-0.05, 0) is 12.8 Å². The van der Waals surface area contributed by atoms with Crippen molar-refractivity contribution in [3.05, 3.63) is 11.5 Å². The first-order valence-electron chi connectivity index (χ1n) is 5.95. The van der Waals surface area contributed by atoms with E-state index >= 15 is 0 Å². The standard InChI is InChI=1S/C11H17ClN4O2/c12-10-9(13)11(15-7-14-10)16-3-1-8(2-4-16)18-6-5-17/h7-8,17H,1-6,13H2. The smallest absolute Gasteiger partial charge is 0.157 e. The molecular formula is C11H17ClN4O2. The number of nitrogens with zero attached hydrogens (tertiary/aromatic N) is 3. The molecule has 3 N–H and O–H groups in total. The molecule has 6 nitrogen and oxygen atoms in total. The summed E-state index contributed by atoms with van der Waals surface area (Å²) in [5.74, 6) is 0.690. The number of halogens is 1. The van der Waals surface area contributed by atoms with Gasteiger partial charge < -0.3 is 20.5 Å². The second kappa shape index (κ2) is 6.17. The van der Waals surface area contributed by atoms with Gasteiger partial charge in [-0.2, -0.15) is 0 Å². The van der Waals surface area contributed by atoms with Crippen LogP contribution >= 0.6 is 11.6 Å². The SMILES string of the molecule is Nc1c(Cl)ncnc1N1CCC(OCCO)CC1. The van der Waals surface area contributed by atoms with Crippen molar-refractivity contribution in [2.24, 2.45) is 0 Å². The van der Waals surface area contributed by atoms with E-state index < -0.39 is 0 Å². The normalized spacial score (nSPS) is 17.1. The predicted octanol–water partition coefficient (Wildman–Crippen LogP) is 0.690. The first kappa shape index (κ1) is 13.3. The molecule has 18 heavy (non-hydrogen) atoms. The monoisotopic (exact) mass is 272 g/mol. The van der Waals surface area contributed by atoms with Crippen LogP contribution in [0.1, 0.15) is 12.8 Å². The molecule has 2 rings (SSSR count). The molecule has 1 saturated heterocycles. The lowest BCUT2D eigenvalue weighted by Gasteiger charge is -2.33. The predicted molar refractivity (Wildman–Crippen MR) is 69.7 cm³/mol. The van der Waals surface area contributed by atoms with Crippen molar-refractivity contribution in [3.8, 4) is 0 Å². The summed E-state index contributed by atoms with van der Waals surface area (Å²) < 4.78 is 5.50. The summed E-state index contributed by atoms with van der Waals surface area (Å²) in [4.78, 5) is 10.1. The number of piperidine rings is 1. The van der Waals surface area contributed by atoms with Crippen LogP contribution in [0, 0.1) is 0 Å². The van der Waals surface area contributed by atoms with Gasteiger partial charge in [0, 0.05) is 13.1 Å². The zero-order valence-electron chi connectivity index (χ0n) is 10.0. The zero-order valence-corrected chi connectivity index (χ0v) is 10.8. The molecule has 7 heteroatoms. The average molecular weight is 273 g/mol. The Morgan fingerprint density at radius 2 is 2.17 bits per heavy atom. The van der Waals surface area contributed by atoms with E-state index in [1.54, 1.807) is 0 Å². The Labute approximate surface area is 111 Å². The average Bonchev–Trinajstić information content (AvgIpc) is 2.40. The van der Waals surface area contributed by atoms with Gasteiger partial charge in [0.2, 0.25) is 0 Å². The van der Waals surface area contributed by atoms with Crippen molar-refractivity contribution in [1.82, 2.24) is 9.97 Å². The first-order valence-corrected chi connectivity index (χ1v) is 6.33. The molecule has 0 spiro atoms. The Balaban J connectivity index is 1.95. The Kier molecular flexibility index (Phi) is 4.57. The number of hydrogen-bond donors (Lipinski definition) is 2. The summed E-state index contributed by atoms with van der Waals surface area (Å²) in [6.45, 7) is 2.09. The molecule has 0 aliphatic carbocycles. The molecule has 0 amide bonds. The minimum Gasteiger partial charge on any atom is -0.394 e. The van der Waals surface area contributed by atoms with E-state index in [4.69, 9.17) is 27.2 Å². The highest BCUT2D eigenvalue weighted by Crippen LogP contribution is 2.28. The lowest BCUT2D eigenvalue weighted by atomic mass is 10.1. The summed E-state index contributed by atoms with van der Waals surface area (Å²) in [6.07, 6.45) is 3.40. The maximum Gasteiger partial charge on any atom is 0.157 e. The van der Waals surface area contributed by atoms with Crippen LogP contribution in [0.2, 0.25) is 5.15 Å². The van der Waals surface area contributed by atoms with E-state index in [1.165, 1.54) is 6.33 Å². The van der Waals surface area contributed by atoms with Crippen LogP contribution in [0.4, 0.5) is 11.5 Å². The van der Waals surface area contributed by atoms with E-state index in [0.29, 0.717) is 23.3 Å².